The lowest BCUT2D eigenvalue weighted by Gasteiger charge is -2.35. The van der Waals surface area contributed by atoms with Crippen molar-refractivity contribution in [2.45, 2.75) is 47.1 Å². The highest BCUT2D eigenvalue weighted by Crippen LogP contribution is 2.39. The summed E-state index contributed by atoms with van der Waals surface area (Å²) in [5.41, 5.74) is 1.58. The van der Waals surface area contributed by atoms with Crippen molar-refractivity contribution in [3.63, 3.8) is 0 Å². The van der Waals surface area contributed by atoms with Gasteiger partial charge in [-0.3, -0.25) is 33.3 Å². The molecule has 0 N–H and O–H groups in total. The molecule has 2 aromatic heterocycles. The predicted molar refractivity (Wildman–Crippen MR) is 179 cm³/mol. The zero-order valence-corrected chi connectivity index (χ0v) is 27.5. The molecule has 2 fully saturated rings. The van der Waals surface area contributed by atoms with Crippen LogP contribution in [0.1, 0.15) is 49.1 Å². The summed E-state index contributed by atoms with van der Waals surface area (Å²) in [6.07, 6.45) is 2.75. The maximum atomic E-state index is 14.0. The standard InChI is InChI=1S/C32H34N6O5S2/c1-6-36-27(35-15-13-21(14-16-35)31(42)43-7-2)23(19(3)24(18-33)28(36)39)17-25-29(40)37(32(44)45-25)26-20(4)34(5)38(30(26)41)22-11-9-8-10-12-22/h8-12,17,21H,6-7,13-16H2,1-5H3/b25-17+. The Kier molecular flexibility index (Phi) is 9.18. The number of carbonyl (C=O) groups is 2. The van der Waals surface area contributed by atoms with E-state index < -0.39 is 11.5 Å². The van der Waals surface area contributed by atoms with Crippen LogP contribution >= 0.6 is 24.0 Å². The number of ether oxygens (including phenoxy) is 1. The van der Waals surface area contributed by atoms with Crippen LogP contribution in [0.3, 0.4) is 0 Å². The second-order valence-corrected chi connectivity index (χ2v) is 12.5. The number of benzene rings is 1. The summed E-state index contributed by atoms with van der Waals surface area (Å²) in [4.78, 5) is 57.1. The van der Waals surface area contributed by atoms with Crippen LogP contribution in [0.2, 0.25) is 0 Å². The number of esters is 1. The fourth-order valence-electron chi connectivity index (χ4n) is 5.97. The first-order valence-electron chi connectivity index (χ1n) is 14.8. The number of nitrogens with zero attached hydrogens (tertiary/aromatic N) is 6. The number of pyridine rings is 1. The summed E-state index contributed by atoms with van der Waals surface area (Å²) in [6.45, 7) is 8.64. The van der Waals surface area contributed by atoms with E-state index in [2.05, 4.69) is 0 Å². The van der Waals surface area contributed by atoms with Crippen LogP contribution in [0.25, 0.3) is 11.8 Å². The SMILES string of the molecule is CCOC(=O)C1CCN(c2c(/C=C3/SC(=S)N(c4c(C)n(C)n(-c5ccccc5)c4=O)C3=O)c(C)c(C#N)c(=O)n2CC)CC1. The maximum absolute atomic E-state index is 14.0. The van der Waals surface area contributed by atoms with E-state index in [4.69, 9.17) is 17.0 Å². The van der Waals surface area contributed by atoms with Crippen molar-refractivity contribution in [3.05, 3.63) is 78.3 Å². The van der Waals surface area contributed by atoms with Gasteiger partial charge in [-0.2, -0.15) is 5.26 Å². The van der Waals surface area contributed by atoms with Crippen molar-refractivity contribution in [3.8, 4) is 11.8 Å². The van der Waals surface area contributed by atoms with Gasteiger partial charge < -0.3 is 9.64 Å². The number of nitriles is 1. The van der Waals surface area contributed by atoms with Crippen molar-refractivity contribution >= 4 is 57.8 Å². The summed E-state index contributed by atoms with van der Waals surface area (Å²) < 4.78 is 10.2. The molecular formula is C32H34N6O5S2. The molecular weight excluding hydrogens is 613 g/mol. The number of piperidine rings is 1. The topological polar surface area (TPSA) is 123 Å². The van der Waals surface area contributed by atoms with Crippen LogP contribution in [0.15, 0.2) is 44.8 Å². The number of thiocarbonyl (C=S) groups is 1. The Hall–Kier alpha value is -4.41. The summed E-state index contributed by atoms with van der Waals surface area (Å²) >= 11 is 6.72. The zero-order valence-electron chi connectivity index (χ0n) is 25.8. The van der Waals surface area contributed by atoms with Crippen LogP contribution in [0, 0.1) is 31.1 Å². The van der Waals surface area contributed by atoms with Crippen LogP contribution in [-0.4, -0.2) is 49.8 Å². The summed E-state index contributed by atoms with van der Waals surface area (Å²) in [6, 6.07) is 11.2. The van der Waals surface area contributed by atoms with Gasteiger partial charge in [-0.15, -0.1) is 0 Å². The number of hydrogen-bond donors (Lipinski definition) is 0. The van der Waals surface area contributed by atoms with E-state index in [0.717, 1.165) is 11.8 Å². The Morgan fingerprint density at radius 1 is 1.11 bits per heavy atom. The quantitative estimate of drug-likeness (QED) is 0.213. The van der Waals surface area contributed by atoms with Gasteiger partial charge in [-0.1, -0.05) is 42.2 Å². The van der Waals surface area contributed by atoms with Gasteiger partial charge in [0.2, 0.25) is 0 Å². The minimum absolute atomic E-state index is 0.00612. The molecule has 1 amide bonds. The largest absolute Gasteiger partial charge is 0.466 e. The van der Waals surface area contributed by atoms with Gasteiger partial charge in [0, 0.05) is 32.2 Å². The lowest BCUT2D eigenvalue weighted by Crippen LogP contribution is -2.41. The highest BCUT2D eigenvalue weighted by atomic mass is 32.2. The van der Waals surface area contributed by atoms with E-state index in [0.29, 0.717) is 67.4 Å². The first-order valence-corrected chi connectivity index (χ1v) is 16.0. The third-order valence-corrected chi connectivity index (χ3v) is 9.70. The van der Waals surface area contributed by atoms with E-state index in [-0.39, 0.29) is 37.9 Å². The molecule has 45 heavy (non-hydrogen) atoms. The summed E-state index contributed by atoms with van der Waals surface area (Å²) in [7, 11) is 1.75. The van der Waals surface area contributed by atoms with E-state index in [9.17, 15) is 24.4 Å². The molecule has 11 nitrogen and oxygen atoms in total. The second-order valence-electron chi connectivity index (χ2n) is 10.8. The number of aromatic nitrogens is 3. The molecule has 1 aromatic carbocycles. The molecule has 234 valence electrons. The van der Waals surface area contributed by atoms with E-state index in [1.807, 2.05) is 48.2 Å². The number of hydrogen-bond acceptors (Lipinski definition) is 9. The summed E-state index contributed by atoms with van der Waals surface area (Å²) in [5.74, 6) is -0.354. The molecule has 3 aromatic rings. The molecule has 4 heterocycles. The highest BCUT2D eigenvalue weighted by Gasteiger charge is 2.39. The molecule has 0 saturated carbocycles. The van der Waals surface area contributed by atoms with E-state index in [1.54, 1.807) is 43.1 Å². The summed E-state index contributed by atoms with van der Waals surface area (Å²) in [5, 5.41) is 9.93. The fraction of sp³-hybridized carbons (Fsp3) is 0.375. The third kappa shape index (κ3) is 5.53. The molecule has 2 aliphatic heterocycles. The Morgan fingerprint density at radius 2 is 1.78 bits per heavy atom. The monoisotopic (exact) mass is 646 g/mol. The van der Waals surface area contributed by atoms with E-state index >= 15 is 0 Å². The van der Waals surface area contributed by atoms with Crippen LogP contribution < -0.4 is 20.9 Å². The zero-order chi connectivity index (χ0) is 32.6. The fourth-order valence-corrected chi connectivity index (χ4v) is 7.22. The number of rotatable bonds is 7. The van der Waals surface area contributed by atoms with Crippen molar-refractivity contribution in [2.75, 3.05) is 29.5 Å². The van der Waals surface area contributed by atoms with Gasteiger partial charge in [0.15, 0.2) is 4.32 Å². The van der Waals surface area contributed by atoms with Crippen LogP contribution in [0.4, 0.5) is 11.5 Å². The Labute approximate surface area is 270 Å². The van der Waals surface area contributed by atoms with Crippen LogP contribution in [-0.2, 0) is 27.9 Å². The molecule has 2 saturated heterocycles. The molecule has 0 bridgehead atoms. The lowest BCUT2D eigenvalue weighted by atomic mass is 9.95. The number of amides is 1. The third-order valence-electron chi connectivity index (χ3n) is 8.39. The smallest absolute Gasteiger partial charge is 0.309 e. The molecule has 5 rings (SSSR count). The number of anilines is 2. The van der Waals surface area contributed by atoms with Gasteiger partial charge in [-0.05, 0) is 64.3 Å². The predicted octanol–water partition coefficient (Wildman–Crippen LogP) is 4.03. The lowest BCUT2D eigenvalue weighted by molar-refractivity contribution is -0.148. The molecule has 0 aliphatic carbocycles. The Balaban J connectivity index is 1.59. The van der Waals surface area contributed by atoms with Crippen molar-refractivity contribution in [2.24, 2.45) is 13.0 Å². The minimum Gasteiger partial charge on any atom is -0.466 e. The highest BCUT2D eigenvalue weighted by molar-refractivity contribution is 8.27. The average molecular weight is 647 g/mol. The van der Waals surface area contributed by atoms with Gasteiger partial charge in [0.1, 0.15) is 23.1 Å². The normalized spacial score (nSPS) is 16.5. The molecule has 0 atom stereocenters. The minimum atomic E-state index is -0.463. The molecule has 0 radical (unpaired) electrons. The molecule has 2 aliphatic rings. The van der Waals surface area contributed by atoms with Crippen molar-refractivity contribution in [1.82, 2.24) is 13.9 Å². The number of carbonyl (C=O) groups excluding carboxylic acids is 2. The van der Waals surface area contributed by atoms with Crippen LogP contribution in [0.5, 0.6) is 0 Å². The van der Waals surface area contributed by atoms with Crippen molar-refractivity contribution < 1.29 is 14.3 Å². The molecule has 0 unspecified atom stereocenters. The molecule has 0 spiro atoms. The first-order chi connectivity index (χ1) is 21.5. The van der Waals surface area contributed by atoms with Gasteiger partial charge in [-0.25, -0.2) is 4.68 Å². The van der Waals surface area contributed by atoms with Gasteiger partial charge in [0.05, 0.1) is 28.8 Å². The first kappa shape index (κ1) is 32.0. The number of thioether (sulfide) groups is 1. The van der Waals surface area contributed by atoms with Gasteiger partial charge >= 0.3 is 5.97 Å². The maximum Gasteiger partial charge on any atom is 0.309 e. The second kappa shape index (κ2) is 12.9. The van der Waals surface area contributed by atoms with Crippen molar-refractivity contribution in [1.29, 1.82) is 5.26 Å². The number of para-hydroxylation sites is 1. The van der Waals surface area contributed by atoms with Gasteiger partial charge in [0.25, 0.3) is 17.0 Å². The average Bonchev–Trinajstić information content (AvgIpc) is 3.43. The Bertz CT molecular complexity index is 1890. The Morgan fingerprint density at radius 3 is 2.38 bits per heavy atom. The molecule has 13 heteroatoms. The van der Waals surface area contributed by atoms with E-state index in [1.165, 1.54) is 9.58 Å².